The van der Waals surface area contributed by atoms with Crippen LogP contribution in [-0.2, 0) is 10.2 Å². The number of amides is 1. The predicted molar refractivity (Wildman–Crippen MR) is 79.0 cm³/mol. The number of benzene rings is 1. The van der Waals surface area contributed by atoms with E-state index in [1.54, 1.807) is 0 Å². The molecule has 5 heteroatoms. The van der Waals surface area contributed by atoms with Crippen LogP contribution in [0.1, 0.15) is 24.8 Å². The maximum atomic E-state index is 12.4. The maximum Gasteiger partial charge on any atom is 0.230 e. The van der Waals surface area contributed by atoms with Gasteiger partial charge in [-0.15, -0.1) is 12.4 Å². The van der Waals surface area contributed by atoms with Crippen LogP contribution < -0.4 is 10.6 Å². The fraction of sp³-hybridized carbons (Fsp3) is 0.500. The average Bonchev–Trinajstić information content (AvgIpc) is 3.03. The number of nitrogens with one attached hydrogen (secondary N) is 2. The van der Waals surface area contributed by atoms with E-state index in [4.69, 9.17) is 11.6 Å². The lowest BCUT2D eigenvalue weighted by atomic mass is 9.94. The summed E-state index contributed by atoms with van der Waals surface area (Å²) in [5, 5.41) is 7.14. The Bertz CT molecular complexity index is 451. The van der Waals surface area contributed by atoms with Gasteiger partial charge in [-0.1, -0.05) is 23.7 Å². The number of hydrogen-bond acceptors (Lipinski definition) is 2. The Kier molecular flexibility index (Phi) is 4.39. The van der Waals surface area contributed by atoms with Crippen molar-refractivity contribution in [2.75, 3.05) is 13.1 Å². The smallest absolute Gasteiger partial charge is 0.230 e. The molecule has 1 aromatic carbocycles. The van der Waals surface area contributed by atoms with E-state index in [1.165, 1.54) is 0 Å². The molecule has 1 saturated heterocycles. The highest BCUT2D eigenvalue weighted by Gasteiger charge is 2.51. The van der Waals surface area contributed by atoms with Crippen molar-refractivity contribution >= 4 is 29.9 Å². The van der Waals surface area contributed by atoms with E-state index in [-0.39, 0.29) is 23.7 Å². The molecule has 2 aliphatic rings. The highest BCUT2D eigenvalue weighted by atomic mass is 35.5. The molecule has 1 atom stereocenters. The Balaban J connectivity index is 0.00000133. The van der Waals surface area contributed by atoms with Gasteiger partial charge in [-0.05, 0) is 43.5 Å². The predicted octanol–water partition coefficient (Wildman–Crippen LogP) is 2.27. The third-order valence-corrected chi connectivity index (χ3v) is 4.23. The van der Waals surface area contributed by atoms with Gasteiger partial charge in [0.1, 0.15) is 0 Å². The minimum Gasteiger partial charge on any atom is -0.351 e. The van der Waals surface area contributed by atoms with E-state index in [0.29, 0.717) is 6.04 Å². The van der Waals surface area contributed by atoms with Gasteiger partial charge in [-0.25, -0.2) is 0 Å². The molecule has 104 valence electrons. The summed E-state index contributed by atoms with van der Waals surface area (Å²) in [4.78, 5) is 12.4. The minimum absolute atomic E-state index is 0. The number of hydrogen-bond donors (Lipinski definition) is 2. The molecule has 2 N–H and O–H groups in total. The van der Waals surface area contributed by atoms with Crippen LogP contribution in [0.25, 0.3) is 0 Å². The largest absolute Gasteiger partial charge is 0.351 e. The first-order chi connectivity index (χ1) is 8.71. The Morgan fingerprint density at radius 2 is 2.00 bits per heavy atom. The molecule has 0 spiro atoms. The summed E-state index contributed by atoms with van der Waals surface area (Å²) in [6.45, 7) is 1.89. The van der Waals surface area contributed by atoms with Crippen molar-refractivity contribution < 1.29 is 4.79 Å². The Morgan fingerprint density at radius 3 is 2.53 bits per heavy atom. The first-order valence-corrected chi connectivity index (χ1v) is 6.86. The monoisotopic (exact) mass is 300 g/mol. The van der Waals surface area contributed by atoms with E-state index in [1.807, 2.05) is 24.3 Å². The normalized spacial score (nSPS) is 23.5. The third-order valence-electron chi connectivity index (χ3n) is 3.98. The van der Waals surface area contributed by atoms with Crippen molar-refractivity contribution in [1.82, 2.24) is 10.6 Å². The summed E-state index contributed by atoms with van der Waals surface area (Å²) >= 11 is 5.89. The number of rotatable bonds is 3. The highest BCUT2D eigenvalue weighted by Crippen LogP contribution is 2.48. The molecule has 19 heavy (non-hydrogen) atoms. The van der Waals surface area contributed by atoms with Gasteiger partial charge in [-0.2, -0.15) is 0 Å². The van der Waals surface area contributed by atoms with Crippen LogP contribution in [0.2, 0.25) is 5.02 Å². The first-order valence-electron chi connectivity index (χ1n) is 6.48. The lowest BCUT2D eigenvalue weighted by molar-refractivity contribution is -0.124. The molecule has 0 radical (unpaired) electrons. The number of halogens is 2. The van der Waals surface area contributed by atoms with Crippen molar-refractivity contribution in [3.63, 3.8) is 0 Å². The molecule has 0 bridgehead atoms. The summed E-state index contributed by atoms with van der Waals surface area (Å²) in [5.41, 5.74) is 0.808. The van der Waals surface area contributed by atoms with Crippen molar-refractivity contribution in [2.24, 2.45) is 0 Å². The molecule has 1 amide bonds. The molecule has 1 aliphatic carbocycles. The third kappa shape index (κ3) is 2.88. The van der Waals surface area contributed by atoms with Gasteiger partial charge in [-0.3, -0.25) is 4.79 Å². The fourth-order valence-electron chi connectivity index (χ4n) is 2.64. The quantitative estimate of drug-likeness (QED) is 0.899. The molecular weight excluding hydrogens is 283 g/mol. The topological polar surface area (TPSA) is 41.1 Å². The van der Waals surface area contributed by atoms with Crippen LogP contribution in [-0.4, -0.2) is 25.0 Å². The van der Waals surface area contributed by atoms with E-state index in [2.05, 4.69) is 10.6 Å². The molecule has 0 aromatic heterocycles. The molecular formula is C14H18Cl2N2O. The van der Waals surface area contributed by atoms with Crippen LogP contribution in [0.15, 0.2) is 24.3 Å². The van der Waals surface area contributed by atoms with Crippen LogP contribution in [0, 0.1) is 0 Å². The molecule has 1 unspecified atom stereocenters. The maximum absolute atomic E-state index is 12.4. The molecule has 1 saturated carbocycles. The van der Waals surface area contributed by atoms with Crippen molar-refractivity contribution in [2.45, 2.75) is 30.7 Å². The van der Waals surface area contributed by atoms with Gasteiger partial charge in [0.15, 0.2) is 0 Å². The van der Waals surface area contributed by atoms with E-state index in [0.717, 1.165) is 42.9 Å². The minimum atomic E-state index is -0.285. The zero-order chi connectivity index (χ0) is 12.6. The summed E-state index contributed by atoms with van der Waals surface area (Å²) < 4.78 is 0. The molecule has 2 fully saturated rings. The van der Waals surface area contributed by atoms with Gasteiger partial charge < -0.3 is 10.6 Å². The van der Waals surface area contributed by atoms with E-state index in [9.17, 15) is 4.79 Å². The zero-order valence-electron chi connectivity index (χ0n) is 10.6. The molecule has 1 aromatic rings. The Labute approximate surface area is 124 Å². The second-order valence-electron chi connectivity index (χ2n) is 5.25. The Hall–Kier alpha value is -0.770. The lowest BCUT2D eigenvalue weighted by Gasteiger charge is -2.19. The van der Waals surface area contributed by atoms with Gasteiger partial charge >= 0.3 is 0 Å². The summed E-state index contributed by atoms with van der Waals surface area (Å²) in [5.74, 6) is 0.179. The average molecular weight is 301 g/mol. The van der Waals surface area contributed by atoms with Crippen LogP contribution in [0.3, 0.4) is 0 Å². The summed E-state index contributed by atoms with van der Waals surface area (Å²) in [6.07, 6.45) is 2.92. The van der Waals surface area contributed by atoms with Crippen molar-refractivity contribution in [1.29, 1.82) is 0 Å². The Morgan fingerprint density at radius 1 is 1.32 bits per heavy atom. The first kappa shape index (κ1) is 14.6. The molecule has 1 aliphatic heterocycles. The SMILES string of the molecule is Cl.O=C(NC1CCNC1)C1(c2ccc(Cl)cc2)CC1. The highest BCUT2D eigenvalue weighted by molar-refractivity contribution is 6.30. The van der Waals surface area contributed by atoms with Gasteiger partial charge in [0.2, 0.25) is 5.91 Å². The fourth-order valence-corrected chi connectivity index (χ4v) is 2.77. The summed E-state index contributed by atoms with van der Waals surface area (Å²) in [6, 6.07) is 7.97. The van der Waals surface area contributed by atoms with Crippen molar-refractivity contribution in [3.05, 3.63) is 34.9 Å². The molecule has 3 nitrogen and oxygen atoms in total. The van der Waals surface area contributed by atoms with Crippen molar-refractivity contribution in [3.8, 4) is 0 Å². The van der Waals surface area contributed by atoms with Gasteiger partial charge in [0.05, 0.1) is 5.41 Å². The molecule has 1 heterocycles. The van der Waals surface area contributed by atoms with E-state index >= 15 is 0 Å². The lowest BCUT2D eigenvalue weighted by Crippen LogP contribution is -2.42. The summed E-state index contributed by atoms with van der Waals surface area (Å²) in [7, 11) is 0. The second kappa shape index (κ2) is 5.70. The van der Waals surface area contributed by atoms with E-state index < -0.39 is 0 Å². The zero-order valence-corrected chi connectivity index (χ0v) is 12.2. The second-order valence-corrected chi connectivity index (χ2v) is 5.69. The van der Waals surface area contributed by atoms with Crippen LogP contribution >= 0.6 is 24.0 Å². The number of carbonyl (C=O) groups excluding carboxylic acids is 1. The van der Waals surface area contributed by atoms with Crippen LogP contribution in [0.4, 0.5) is 0 Å². The number of carbonyl (C=O) groups is 1. The van der Waals surface area contributed by atoms with Gasteiger partial charge in [0, 0.05) is 17.6 Å². The standard InChI is InChI=1S/C14H17ClN2O.ClH/c15-11-3-1-10(2-4-11)14(6-7-14)13(18)17-12-5-8-16-9-12;/h1-4,12,16H,5-9H2,(H,17,18);1H. The molecule has 3 rings (SSSR count). The van der Waals surface area contributed by atoms with Crippen LogP contribution in [0.5, 0.6) is 0 Å². The van der Waals surface area contributed by atoms with Gasteiger partial charge in [0.25, 0.3) is 0 Å².